The van der Waals surface area contributed by atoms with Gasteiger partial charge in [-0.25, -0.2) is 0 Å². The minimum atomic E-state index is -0.296. The van der Waals surface area contributed by atoms with Crippen molar-refractivity contribution in [2.45, 2.75) is 64.0 Å². The van der Waals surface area contributed by atoms with Gasteiger partial charge in [-0.05, 0) is 58.7 Å². The van der Waals surface area contributed by atoms with E-state index in [0.717, 1.165) is 25.9 Å². The molecule has 1 N–H and O–H groups in total. The van der Waals surface area contributed by atoms with E-state index in [-0.39, 0.29) is 11.6 Å². The van der Waals surface area contributed by atoms with Crippen molar-refractivity contribution < 1.29 is 5.11 Å². The molecule has 4 nitrogen and oxygen atoms in total. The van der Waals surface area contributed by atoms with Crippen molar-refractivity contribution in [1.29, 1.82) is 0 Å². The topological polar surface area (TPSA) is 41.3 Å². The van der Waals surface area contributed by atoms with Crippen molar-refractivity contribution in [3.8, 4) is 0 Å². The van der Waals surface area contributed by atoms with Gasteiger partial charge in [-0.1, -0.05) is 12.8 Å². The van der Waals surface area contributed by atoms with Gasteiger partial charge in [-0.3, -0.25) is 9.58 Å². The summed E-state index contributed by atoms with van der Waals surface area (Å²) in [5, 5.41) is 14.8. The molecule has 0 amide bonds. The number of aromatic nitrogens is 2. The van der Waals surface area contributed by atoms with E-state index in [1.807, 2.05) is 24.0 Å². The lowest BCUT2D eigenvalue weighted by Gasteiger charge is -2.41. The first-order valence-corrected chi connectivity index (χ1v) is 7.92. The Balaban J connectivity index is 1.92. The van der Waals surface area contributed by atoms with Crippen molar-refractivity contribution >= 4 is 0 Å². The zero-order chi connectivity index (χ0) is 14.6. The van der Waals surface area contributed by atoms with Crippen LogP contribution in [-0.2, 0) is 13.5 Å². The summed E-state index contributed by atoms with van der Waals surface area (Å²) in [5.41, 5.74) is 1.05. The average Bonchev–Trinajstić information content (AvgIpc) is 2.68. The number of likely N-dealkylation sites (tertiary alicyclic amines) is 1. The largest absolute Gasteiger partial charge is 0.391 e. The Bertz CT molecular complexity index is 406. The molecule has 1 unspecified atom stereocenters. The maximum Gasteiger partial charge on any atom is 0.0722 e. The standard InChI is InChI=1S/C16H29N3O/c1-16(2,19-12-6-4-5-7-13-19)15(20)9-8-14-10-11-17-18(14)3/h10-11,15,20H,4-9,12-13H2,1-3H3. The second-order valence-electron chi connectivity index (χ2n) is 6.56. The van der Waals surface area contributed by atoms with E-state index in [4.69, 9.17) is 0 Å². The minimum Gasteiger partial charge on any atom is -0.391 e. The van der Waals surface area contributed by atoms with Crippen LogP contribution in [0.4, 0.5) is 0 Å². The van der Waals surface area contributed by atoms with Crippen LogP contribution in [0, 0.1) is 0 Å². The van der Waals surface area contributed by atoms with Crippen LogP contribution in [-0.4, -0.2) is 44.5 Å². The molecule has 0 bridgehead atoms. The molecule has 1 fully saturated rings. The highest BCUT2D eigenvalue weighted by atomic mass is 16.3. The molecule has 1 atom stereocenters. The average molecular weight is 279 g/mol. The van der Waals surface area contributed by atoms with Crippen LogP contribution in [0.3, 0.4) is 0 Å². The smallest absolute Gasteiger partial charge is 0.0722 e. The maximum atomic E-state index is 10.6. The van der Waals surface area contributed by atoms with Crippen molar-refractivity contribution in [2.75, 3.05) is 13.1 Å². The molecular formula is C16H29N3O. The summed E-state index contributed by atoms with van der Waals surface area (Å²) in [7, 11) is 1.96. The third kappa shape index (κ3) is 3.61. The van der Waals surface area contributed by atoms with E-state index < -0.39 is 0 Å². The van der Waals surface area contributed by atoms with Crippen molar-refractivity contribution in [3.05, 3.63) is 18.0 Å². The summed E-state index contributed by atoms with van der Waals surface area (Å²) in [6, 6.07) is 2.03. The predicted molar refractivity (Wildman–Crippen MR) is 81.7 cm³/mol. The lowest BCUT2D eigenvalue weighted by Crippen LogP contribution is -2.52. The van der Waals surface area contributed by atoms with Gasteiger partial charge in [0.25, 0.3) is 0 Å². The number of aryl methyl sites for hydroxylation is 2. The van der Waals surface area contributed by atoms with Crippen LogP contribution in [0.1, 0.15) is 51.6 Å². The highest BCUT2D eigenvalue weighted by molar-refractivity contribution is 5.01. The third-order valence-corrected chi connectivity index (χ3v) is 4.83. The Morgan fingerprint density at radius 3 is 2.45 bits per heavy atom. The summed E-state index contributed by atoms with van der Waals surface area (Å²) in [4.78, 5) is 2.48. The van der Waals surface area contributed by atoms with Crippen molar-refractivity contribution in [3.63, 3.8) is 0 Å². The SMILES string of the molecule is Cn1nccc1CCC(O)C(C)(C)N1CCCCCC1. The van der Waals surface area contributed by atoms with Gasteiger partial charge in [0.15, 0.2) is 0 Å². The Morgan fingerprint density at radius 2 is 1.90 bits per heavy atom. The summed E-state index contributed by atoms with van der Waals surface area (Å²) in [6.45, 7) is 6.62. The molecule has 1 aromatic heterocycles. The van der Waals surface area contributed by atoms with Gasteiger partial charge in [-0.15, -0.1) is 0 Å². The highest BCUT2D eigenvalue weighted by Crippen LogP contribution is 2.25. The monoisotopic (exact) mass is 279 g/mol. The molecule has 2 heterocycles. The molecule has 1 aliphatic heterocycles. The highest BCUT2D eigenvalue weighted by Gasteiger charge is 2.34. The Morgan fingerprint density at radius 1 is 1.25 bits per heavy atom. The fourth-order valence-electron chi connectivity index (χ4n) is 3.14. The molecule has 0 spiro atoms. The van der Waals surface area contributed by atoms with Gasteiger partial charge in [0.05, 0.1) is 6.10 Å². The number of aliphatic hydroxyl groups excluding tert-OH is 1. The van der Waals surface area contributed by atoms with Gasteiger partial charge in [0.1, 0.15) is 0 Å². The van der Waals surface area contributed by atoms with Crippen molar-refractivity contribution in [1.82, 2.24) is 14.7 Å². The van der Waals surface area contributed by atoms with E-state index in [9.17, 15) is 5.11 Å². The number of nitrogens with zero attached hydrogens (tertiary/aromatic N) is 3. The molecule has 1 saturated heterocycles. The molecule has 4 heteroatoms. The summed E-state index contributed by atoms with van der Waals surface area (Å²) in [5.74, 6) is 0. The van der Waals surface area contributed by atoms with Crippen LogP contribution in [0.2, 0.25) is 0 Å². The lowest BCUT2D eigenvalue weighted by molar-refractivity contribution is -0.0127. The zero-order valence-electron chi connectivity index (χ0n) is 13.2. The Labute approximate surface area is 122 Å². The molecule has 0 saturated carbocycles. The molecule has 2 rings (SSSR count). The van der Waals surface area contributed by atoms with Crippen LogP contribution in [0.15, 0.2) is 12.3 Å². The first-order valence-electron chi connectivity index (χ1n) is 7.92. The van der Waals surface area contributed by atoms with Gasteiger partial charge in [0, 0.05) is 24.5 Å². The maximum absolute atomic E-state index is 10.6. The predicted octanol–water partition coefficient (Wildman–Crippen LogP) is 2.37. The molecular weight excluding hydrogens is 250 g/mol. The molecule has 0 radical (unpaired) electrons. The first kappa shape index (κ1) is 15.5. The minimum absolute atomic E-state index is 0.136. The Kier molecular flexibility index (Phi) is 5.22. The second kappa shape index (κ2) is 6.72. The fourth-order valence-corrected chi connectivity index (χ4v) is 3.14. The summed E-state index contributed by atoms with van der Waals surface area (Å²) in [6.07, 6.45) is 8.39. The molecule has 0 aliphatic carbocycles. The number of hydrogen-bond acceptors (Lipinski definition) is 3. The summed E-state index contributed by atoms with van der Waals surface area (Å²) >= 11 is 0. The molecule has 20 heavy (non-hydrogen) atoms. The second-order valence-corrected chi connectivity index (χ2v) is 6.56. The lowest BCUT2D eigenvalue weighted by atomic mass is 9.90. The molecule has 0 aromatic carbocycles. The van der Waals surface area contributed by atoms with Gasteiger partial charge < -0.3 is 5.11 Å². The van der Waals surface area contributed by atoms with E-state index in [1.54, 1.807) is 0 Å². The van der Waals surface area contributed by atoms with E-state index >= 15 is 0 Å². The van der Waals surface area contributed by atoms with Gasteiger partial charge in [-0.2, -0.15) is 5.10 Å². The molecule has 1 aliphatic rings. The molecule has 1 aromatic rings. The normalized spacial score (nSPS) is 19.8. The number of rotatable bonds is 5. The molecule has 114 valence electrons. The van der Waals surface area contributed by atoms with Crippen LogP contribution in [0.5, 0.6) is 0 Å². The van der Waals surface area contributed by atoms with Gasteiger partial charge in [0.2, 0.25) is 0 Å². The summed E-state index contributed by atoms with van der Waals surface area (Å²) < 4.78 is 1.89. The van der Waals surface area contributed by atoms with Crippen LogP contribution in [0.25, 0.3) is 0 Å². The van der Waals surface area contributed by atoms with Crippen LogP contribution < -0.4 is 0 Å². The van der Waals surface area contributed by atoms with E-state index in [2.05, 4.69) is 23.8 Å². The van der Waals surface area contributed by atoms with Crippen molar-refractivity contribution in [2.24, 2.45) is 7.05 Å². The third-order valence-electron chi connectivity index (χ3n) is 4.83. The first-order chi connectivity index (χ1) is 9.51. The quantitative estimate of drug-likeness (QED) is 0.899. The van der Waals surface area contributed by atoms with E-state index in [0.29, 0.717) is 0 Å². The zero-order valence-corrected chi connectivity index (χ0v) is 13.2. The van der Waals surface area contributed by atoms with Gasteiger partial charge >= 0.3 is 0 Å². The fraction of sp³-hybridized carbons (Fsp3) is 0.812. The van der Waals surface area contributed by atoms with E-state index in [1.165, 1.54) is 31.4 Å². The van der Waals surface area contributed by atoms with Crippen LogP contribution >= 0.6 is 0 Å². The number of hydrogen-bond donors (Lipinski definition) is 1. The number of aliphatic hydroxyl groups is 1. The Hall–Kier alpha value is -0.870.